The molecule has 3 heterocycles. The molecule has 3 unspecified atom stereocenters. The minimum absolute atomic E-state index is 0.157. The zero-order valence-electron chi connectivity index (χ0n) is 13.4. The van der Waals surface area contributed by atoms with E-state index in [-0.39, 0.29) is 17.4 Å². The van der Waals surface area contributed by atoms with Gasteiger partial charge in [-0.2, -0.15) is 0 Å². The van der Waals surface area contributed by atoms with Gasteiger partial charge in [-0.15, -0.1) is 0 Å². The summed E-state index contributed by atoms with van der Waals surface area (Å²) in [5.74, 6) is 1.08. The highest BCUT2D eigenvalue weighted by Gasteiger charge is 2.47. The Morgan fingerprint density at radius 2 is 2.19 bits per heavy atom. The molecule has 0 aromatic carbocycles. The van der Waals surface area contributed by atoms with Crippen molar-refractivity contribution >= 4 is 5.82 Å². The maximum Gasteiger partial charge on any atom is 0.183 e. The fraction of sp³-hybridized carbons (Fsp3) is 0.750. The van der Waals surface area contributed by atoms with E-state index in [1.54, 1.807) is 6.92 Å². The lowest BCUT2D eigenvalue weighted by Crippen LogP contribution is -2.59. The molecule has 2 aliphatic heterocycles. The molecule has 0 spiro atoms. The van der Waals surface area contributed by atoms with E-state index in [9.17, 15) is 4.39 Å². The van der Waals surface area contributed by atoms with Gasteiger partial charge in [-0.05, 0) is 52.5 Å². The van der Waals surface area contributed by atoms with Gasteiger partial charge in [0.15, 0.2) is 11.6 Å². The third kappa shape index (κ3) is 2.63. The molecule has 0 amide bonds. The molecular weight excluding hydrogens is 267 g/mol. The second-order valence-corrected chi connectivity index (χ2v) is 7.14. The molecule has 1 aromatic heterocycles. The van der Waals surface area contributed by atoms with Crippen LogP contribution in [0.5, 0.6) is 0 Å². The number of halogens is 1. The van der Waals surface area contributed by atoms with Crippen molar-refractivity contribution in [1.82, 2.24) is 14.9 Å². The number of aryl methyl sites for hydroxylation is 1. The summed E-state index contributed by atoms with van der Waals surface area (Å²) in [5, 5.41) is 3.36. The highest BCUT2D eigenvalue weighted by Crippen LogP contribution is 2.41. The number of nitrogens with one attached hydrogen (secondary N) is 1. The molecule has 5 heteroatoms. The molecule has 2 saturated heterocycles. The number of hydrogen-bond acceptors (Lipinski definition) is 4. The molecule has 2 aliphatic rings. The van der Waals surface area contributed by atoms with Crippen LogP contribution in [0.1, 0.15) is 45.9 Å². The maximum atomic E-state index is 13.9. The van der Waals surface area contributed by atoms with Gasteiger partial charge in [0.05, 0.1) is 6.20 Å². The zero-order valence-corrected chi connectivity index (χ0v) is 13.4. The first-order valence-corrected chi connectivity index (χ1v) is 7.91. The molecule has 0 bridgehead atoms. The van der Waals surface area contributed by atoms with Crippen LogP contribution in [-0.4, -0.2) is 39.0 Å². The topological polar surface area (TPSA) is 41.1 Å². The number of hydrogen-bond donors (Lipinski definition) is 1. The Morgan fingerprint density at radius 3 is 2.95 bits per heavy atom. The number of anilines is 1. The Balaban J connectivity index is 1.83. The fourth-order valence-corrected chi connectivity index (χ4v) is 4.11. The maximum absolute atomic E-state index is 13.9. The predicted molar refractivity (Wildman–Crippen MR) is 81.7 cm³/mol. The first kappa shape index (κ1) is 14.7. The molecule has 1 N–H and O–H groups in total. The normalized spacial score (nSPS) is 32.0. The van der Waals surface area contributed by atoms with Gasteiger partial charge in [0.2, 0.25) is 0 Å². The van der Waals surface area contributed by atoms with Gasteiger partial charge >= 0.3 is 0 Å². The highest BCUT2D eigenvalue weighted by molar-refractivity contribution is 5.37. The van der Waals surface area contributed by atoms with Crippen LogP contribution in [0, 0.1) is 18.7 Å². The van der Waals surface area contributed by atoms with Crippen LogP contribution in [-0.2, 0) is 0 Å². The van der Waals surface area contributed by atoms with E-state index in [0.717, 1.165) is 6.42 Å². The lowest BCUT2D eigenvalue weighted by Gasteiger charge is -2.51. The van der Waals surface area contributed by atoms with Crippen molar-refractivity contribution in [2.75, 3.05) is 11.9 Å². The second-order valence-electron chi connectivity index (χ2n) is 7.14. The van der Waals surface area contributed by atoms with Gasteiger partial charge in [-0.25, -0.2) is 14.4 Å². The van der Waals surface area contributed by atoms with Crippen molar-refractivity contribution in [3.63, 3.8) is 0 Å². The first-order chi connectivity index (χ1) is 9.88. The number of rotatable bonds is 2. The average molecular weight is 292 g/mol. The third-order valence-corrected chi connectivity index (χ3v) is 5.22. The molecule has 3 rings (SSSR count). The summed E-state index contributed by atoms with van der Waals surface area (Å²) in [5.41, 5.74) is 0.157. The van der Waals surface area contributed by atoms with E-state index in [2.05, 4.69) is 41.0 Å². The SMILES string of the molecule is Cc1ncc(F)c(NC2CC(C)(C)N3CCCC3C2C)n1. The van der Waals surface area contributed by atoms with Crippen molar-refractivity contribution in [1.29, 1.82) is 0 Å². The summed E-state index contributed by atoms with van der Waals surface area (Å²) < 4.78 is 13.9. The summed E-state index contributed by atoms with van der Waals surface area (Å²) in [6.45, 7) is 9.86. The molecule has 4 nitrogen and oxygen atoms in total. The van der Waals surface area contributed by atoms with Crippen LogP contribution in [0.3, 0.4) is 0 Å². The predicted octanol–water partition coefficient (Wildman–Crippen LogP) is 2.99. The van der Waals surface area contributed by atoms with Gasteiger partial charge in [-0.3, -0.25) is 4.90 Å². The number of nitrogens with zero attached hydrogens (tertiary/aromatic N) is 3. The van der Waals surface area contributed by atoms with Crippen molar-refractivity contribution in [2.24, 2.45) is 5.92 Å². The molecule has 3 atom stereocenters. The third-order valence-electron chi connectivity index (χ3n) is 5.22. The Morgan fingerprint density at radius 1 is 1.43 bits per heavy atom. The van der Waals surface area contributed by atoms with E-state index in [4.69, 9.17) is 0 Å². The van der Waals surface area contributed by atoms with E-state index in [1.807, 2.05) is 0 Å². The van der Waals surface area contributed by atoms with Crippen LogP contribution in [0.4, 0.5) is 10.2 Å². The smallest absolute Gasteiger partial charge is 0.183 e. The summed E-state index contributed by atoms with van der Waals surface area (Å²) >= 11 is 0. The van der Waals surface area contributed by atoms with Crippen molar-refractivity contribution in [3.05, 3.63) is 17.8 Å². The van der Waals surface area contributed by atoms with E-state index < -0.39 is 0 Å². The molecule has 116 valence electrons. The van der Waals surface area contributed by atoms with Gasteiger partial charge in [0.25, 0.3) is 0 Å². The van der Waals surface area contributed by atoms with Crippen LogP contribution in [0.15, 0.2) is 6.20 Å². The summed E-state index contributed by atoms with van der Waals surface area (Å²) in [6.07, 6.45) is 4.78. The summed E-state index contributed by atoms with van der Waals surface area (Å²) in [7, 11) is 0. The minimum Gasteiger partial charge on any atom is -0.364 e. The summed E-state index contributed by atoms with van der Waals surface area (Å²) in [4.78, 5) is 10.8. The zero-order chi connectivity index (χ0) is 15.2. The van der Waals surface area contributed by atoms with Gasteiger partial charge in [-0.1, -0.05) is 6.92 Å². The molecular formula is C16H25FN4. The van der Waals surface area contributed by atoms with E-state index in [0.29, 0.717) is 23.6 Å². The Labute approximate surface area is 126 Å². The lowest BCUT2D eigenvalue weighted by molar-refractivity contribution is 0.0164. The van der Waals surface area contributed by atoms with E-state index >= 15 is 0 Å². The standard InChI is InChI=1S/C16H25FN4/c1-10-13(20-15-12(17)9-18-11(2)19-15)8-16(3,4)21-7-5-6-14(10)21/h9-10,13-14H,5-8H2,1-4H3,(H,18,19,20). The fourth-order valence-electron chi connectivity index (χ4n) is 4.11. The quantitative estimate of drug-likeness (QED) is 0.910. The van der Waals surface area contributed by atoms with Crippen molar-refractivity contribution < 1.29 is 4.39 Å². The van der Waals surface area contributed by atoms with Crippen LogP contribution in [0.2, 0.25) is 0 Å². The number of piperidine rings is 1. The van der Waals surface area contributed by atoms with Crippen molar-refractivity contribution in [2.45, 2.75) is 64.6 Å². The molecule has 1 aromatic rings. The minimum atomic E-state index is -0.362. The first-order valence-electron chi connectivity index (χ1n) is 7.91. The van der Waals surface area contributed by atoms with E-state index in [1.165, 1.54) is 25.6 Å². The van der Waals surface area contributed by atoms with Gasteiger partial charge in [0, 0.05) is 17.6 Å². The van der Waals surface area contributed by atoms with Crippen LogP contribution >= 0.6 is 0 Å². The largest absolute Gasteiger partial charge is 0.364 e. The Hall–Kier alpha value is -1.23. The summed E-state index contributed by atoms with van der Waals surface area (Å²) in [6, 6.07) is 0.848. The number of aromatic nitrogens is 2. The van der Waals surface area contributed by atoms with Crippen LogP contribution < -0.4 is 5.32 Å². The Bertz CT molecular complexity index is 531. The van der Waals surface area contributed by atoms with Gasteiger partial charge in [0.1, 0.15) is 5.82 Å². The molecule has 0 saturated carbocycles. The monoisotopic (exact) mass is 292 g/mol. The molecule has 21 heavy (non-hydrogen) atoms. The van der Waals surface area contributed by atoms with Gasteiger partial charge < -0.3 is 5.32 Å². The lowest BCUT2D eigenvalue weighted by atomic mass is 9.77. The molecule has 2 fully saturated rings. The second kappa shape index (κ2) is 5.20. The van der Waals surface area contributed by atoms with Crippen LogP contribution in [0.25, 0.3) is 0 Å². The molecule has 0 aliphatic carbocycles. The highest BCUT2D eigenvalue weighted by atomic mass is 19.1. The number of fused-ring (bicyclic) bond motifs is 1. The molecule has 0 radical (unpaired) electrons. The van der Waals surface area contributed by atoms with Crippen molar-refractivity contribution in [3.8, 4) is 0 Å². The Kier molecular flexibility index (Phi) is 3.64. The average Bonchev–Trinajstić information content (AvgIpc) is 2.90.